The minimum absolute atomic E-state index is 0.383. The van der Waals surface area contributed by atoms with Crippen molar-refractivity contribution in [3.05, 3.63) is 29.8 Å². The van der Waals surface area contributed by atoms with Gasteiger partial charge in [-0.3, -0.25) is 0 Å². The molecular weight excluding hydrogens is 426 g/mol. The van der Waals surface area contributed by atoms with Crippen molar-refractivity contribution in [2.75, 3.05) is 56.2 Å². The normalized spacial score (nSPS) is 23.8. The van der Waals surface area contributed by atoms with Gasteiger partial charge in [0.05, 0.1) is 6.10 Å². The summed E-state index contributed by atoms with van der Waals surface area (Å²) < 4.78 is 5.58. The van der Waals surface area contributed by atoms with Crippen molar-refractivity contribution in [1.29, 1.82) is 0 Å². The monoisotopic (exact) mass is 467 g/mol. The fourth-order valence-electron chi connectivity index (χ4n) is 6.69. The average Bonchev–Trinajstić information content (AvgIpc) is 2.89. The second-order valence-electron chi connectivity index (χ2n) is 10.9. The van der Waals surface area contributed by atoms with Crippen LogP contribution in [-0.4, -0.2) is 68.6 Å². The second kappa shape index (κ2) is 10.2. The summed E-state index contributed by atoms with van der Waals surface area (Å²) in [7, 11) is 1.83. The first-order valence-corrected chi connectivity index (χ1v) is 13.4. The maximum Gasteiger partial charge on any atom is 0.407 e. The van der Waals surface area contributed by atoms with Gasteiger partial charge < -0.3 is 24.5 Å². The van der Waals surface area contributed by atoms with Crippen LogP contribution in [0.25, 0.3) is 5.57 Å². The number of carboxylic acid groups (broad SMARTS) is 1. The molecular formula is C28H41N3O3. The van der Waals surface area contributed by atoms with Crippen LogP contribution in [0.4, 0.5) is 16.2 Å². The Hall–Kier alpha value is -2.21. The minimum Gasteiger partial charge on any atom is -0.465 e. The Morgan fingerprint density at radius 1 is 0.971 bits per heavy atom. The maximum atomic E-state index is 11.4. The van der Waals surface area contributed by atoms with Gasteiger partial charge in [-0.15, -0.1) is 0 Å². The number of anilines is 2. The van der Waals surface area contributed by atoms with Crippen molar-refractivity contribution >= 4 is 23.0 Å². The topological polar surface area (TPSA) is 56.2 Å². The zero-order valence-corrected chi connectivity index (χ0v) is 20.8. The highest BCUT2D eigenvalue weighted by Gasteiger charge is 2.34. The van der Waals surface area contributed by atoms with Crippen LogP contribution in [0.3, 0.4) is 0 Å². The molecule has 3 fully saturated rings. The quantitative estimate of drug-likeness (QED) is 0.623. The van der Waals surface area contributed by atoms with Crippen LogP contribution in [-0.2, 0) is 4.74 Å². The number of amides is 1. The zero-order chi connectivity index (χ0) is 23.5. The van der Waals surface area contributed by atoms with Gasteiger partial charge in [0, 0.05) is 63.3 Å². The molecule has 1 aromatic carbocycles. The summed E-state index contributed by atoms with van der Waals surface area (Å²) in [5.41, 5.74) is 6.03. The van der Waals surface area contributed by atoms with E-state index in [4.69, 9.17) is 4.74 Å². The Kier molecular flexibility index (Phi) is 7.05. The summed E-state index contributed by atoms with van der Waals surface area (Å²) in [6.45, 7) is 4.74. The number of piperidine rings is 1. The van der Waals surface area contributed by atoms with Crippen LogP contribution < -0.4 is 9.80 Å². The van der Waals surface area contributed by atoms with E-state index in [0.717, 1.165) is 45.4 Å². The number of hydrogen-bond donors (Lipinski definition) is 1. The largest absolute Gasteiger partial charge is 0.465 e. The second-order valence-corrected chi connectivity index (χ2v) is 10.9. The number of piperazine rings is 1. The third-order valence-corrected chi connectivity index (χ3v) is 8.98. The third-order valence-electron chi connectivity index (χ3n) is 8.98. The predicted molar refractivity (Wildman–Crippen MR) is 138 cm³/mol. The highest BCUT2D eigenvalue weighted by molar-refractivity contribution is 5.81. The first-order chi connectivity index (χ1) is 16.6. The number of allylic oxidation sites excluding steroid dienone is 2. The minimum atomic E-state index is -0.803. The van der Waals surface area contributed by atoms with Crippen molar-refractivity contribution < 1.29 is 14.6 Å². The van der Waals surface area contributed by atoms with E-state index in [1.165, 1.54) is 72.4 Å². The van der Waals surface area contributed by atoms with Gasteiger partial charge in [-0.25, -0.2) is 4.79 Å². The van der Waals surface area contributed by atoms with Crippen molar-refractivity contribution in [2.45, 2.75) is 70.3 Å². The van der Waals surface area contributed by atoms with Crippen LogP contribution in [0, 0.1) is 5.41 Å². The Balaban J connectivity index is 1.40. The molecule has 2 aliphatic heterocycles. The predicted octanol–water partition coefficient (Wildman–Crippen LogP) is 5.62. The molecule has 2 saturated heterocycles. The fourth-order valence-corrected chi connectivity index (χ4v) is 6.69. The lowest BCUT2D eigenvalue weighted by atomic mass is 9.65. The lowest BCUT2D eigenvalue weighted by Crippen LogP contribution is -2.48. The summed E-state index contributed by atoms with van der Waals surface area (Å²) in [4.78, 5) is 17.9. The van der Waals surface area contributed by atoms with Crippen LogP contribution >= 0.6 is 0 Å². The number of carbonyl (C=O) groups is 1. The van der Waals surface area contributed by atoms with Crippen molar-refractivity contribution in [3.63, 3.8) is 0 Å². The van der Waals surface area contributed by atoms with Gasteiger partial charge in [0.25, 0.3) is 0 Å². The van der Waals surface area contributed by atoms with E-state index in [1.807, 2.05) is 7.11 Å². The first-order valence-electron chi connectivity index (χ1n) is 13.4. The lowest BCUT2D eigenvalue weighted by molar-refractivity contribution is 0.0819. The molecule has 1 spiro atoms. The molecule has 2 heterocycles. The summed E-state index contributed by atoms with van der Waals surface area (Å²) in [6, 6.07) is 7.01. The fraction of sp³-hybridized carbons (Fsp3) is 0.679. The summed E-state index contributed by atoms with van der Waals surface area (Å²) in [5, 5.41) is 9.38. The summed E-state index contributed by atoms with van der Waals surface area (Å²) in [5.74, 6) is 0. The highest BCUT2D eigenvalue weighted by Crippen LogP contribution is 2.49. The smallest absolute Gasteiger partial charge is 0.407 e. The number of methoxy groups -OCH3 is 1. The van der Waals surface area contributed by atoms with Gasteiger partial charge in [-0.1, -0.05) is 25.3 Å². The van der Waals surface area contributed by atoms with Gasteiger partial charge in [-0.05, 0) is 74.1 Å². The molecule has 34 heavy (non-hydrogen) atoms. The molecule has 1 aromatic rings. The van der Waals surface area contributed by atoms with Crippen LogP contribution in [0.1, 0.15) is 69.8 Å². The number of nitrogens with zero attached hydrogens (tertiary/aromatic N) is 3. The maximum absolute atomic E-state index is 11.4. The van der Waals surface area contributed by atoms with Gasteiger partial charge in [0.15, 0.2) is 0 Å². The Labute approximate surface area is 204 Å². The SMILES string of the molecule is COC1CCN(c2ccc(N3CCN(C(=O)O)CC3)c(C3=CCC4(CCCCC4)CC3)c2)CC1. The van der Waals surface area contributed by atoms with E-state index in [9.17, 15) is 9.90 Å². The molecule has 0 atom stereocenters. The molecule has 0 unspecified atom stereocenters. The third kappa shape index (κ3) is 4.93. The molecule has 6 heteroatoms. The van der Waals surface area contributed by atoms with E-state index in [1.54, 1.807) is 0 Å². The first kappa shape index (κ1) is 23.5. The van der Waals surface area contributed by atoms with E-state index in [-0.39, 0.29) is 0 Å². The van der Waals surface area contributed by atoms with Crippen LogP contribution in [0.5, 0.6) is 0 Å². The van der Waals surface area contributed by atoms with Crippen molar-refractivity contribution in [1.82, 2.24) is 4.90 Å². The van der Waals surface area contributed by atoms with Crippen molar-refractivity contribution in [2.24, 2.45) is 5.41 Å². The molecule has 1 amide bonds. The Bertz CT molecular complexity index is 892. The lowest BCUT2D eigenvalue weighted by Gasteiger charge is -2.41. The zero-order valence-electron chi connectivity index (χ0n) is 20.8. The summed E-state index contributed by atoms with van der Waals surface area (Å²) >= 11 is 0. The van der Waals surface area contributed by atoms with E-state index in [2.05, 4.69) is 34.1 Å². The molecule has 4 aliphatic rings. The van der Waals surface area contributed by atoms with Gasteiger partial charge >= 0.3 is 6.09 Å². The summed E-state index contributed by atoms with van der Waals surface area (Å²) in [6.07, 6.45) is 15.0. The number of rotatable bonds is 4. The van der Waals surface area contributed by atoms with Crippen LogP contribution in [0.2, 0.25) is 0 Å². The van der Waals surface area contributed by atoms with Gasteiger partial charge in [0.1, 0.15) is 0 Å². The van der Waals surface area contributed by atoms with E-state index >= 15 is 0 Å². The molecule has 6 nitrogen and oxygen atoms in total. The van der Waals surface area contributed by atoms with Gasteiger partial charge in [-0.2, -0.15) is 0 Å². The molecule has 1 saturated carbocycles. The number of ether oxygens (including phenoxy) is 1. The van der Waals surface area contributed by atoms with E-state index < -0.39 is 6.09 Å². The average molecular weight is 468 g/mol. The van der Waals surface area contributed by atoms with E-state index in [0.29, 0.717) is 24.6 Å². The Morgan fingerprint density at radius 3 is 2.32 bits per heavy atom. The molecule has 2 aliphatic carbocycles. The van der Waals surface area contributed by atoms with Crippen molar-refractivity contribution in [3.8, 4) is 0 Å². The molecule has 186 valence electrons. The molecule has 0 radical (unpaired) electrons. The molecule has 5 rings (SSSR count). The standard InChI is InChI=1S/C28H41N3O3/c1-34-24-9-15-29(16-10-24)23-5-6-26(30-17-19-31(20-18-30)27(32)33)25(21-23)22-7-13-28(14-8-22)11-3-2-4-12-28/h5-7,21,24H,2-4,8-20H2,1H3,(H,32,33). The Morgan fingerprint density at radius 2 is 1.71 bits per heavy atom. The number of hydrogen-bond acceptors (Lipinski definition) is 4. The van der Waals surface area contributed by atoms with Gasteiger partial charge in [0.2, 0.25) is 0 Å². The number of benzene rings is 1. The van der Waals surface area contributed by atoms with Crippen LogP contribution in [0.15, 0.2) is 24.3 Å². The molecule has 1 N–H and O–H groups in total. The molecule has 0 aromatic heterocycles. The molecule has 0 bridgehead atoms. The highest BCUT2D eigenvalue weighted by atomic mass is 16.5.